The molecule has 0 saturated carbocycles. The van der Waals surface area contributed by atoms with Crippen LogP contribution in [-0.2, 0) is 0 Å². The molecule has 7 heteroatoms. The number of pyridine rings is 1. The van der Waals surface area contributed by atoms with Crippen molar-refractivity contribution in [2.75, 3.05) is 35.8 Å². The monoisotopic (exact) mass is 268 g/mol. The highest BCUT2D eigenvalue weighted by atomic mass is 32.2. The lowest BCUT2D eigenvalue weighted by Gasteiger charge is -2.25. The summed E-state index contributed by atoms with van der Waals surface area (Å²) in [5.41, 5.74) is 0.0712. The number of nitro groups is 1. The van der Waals surface area contributed by atoms with Gasteiger partial charge >= 0.3 is 0 Å². The maximum atomic E-state index is 10.9. The molecule has 1 saturated heterocycles. The number of nitrogens with one attached hydrogen (secondary N) is 1. The zero-order valence-corrected chi connectivity index (χ0v) is 11.2. The summed E-state index contributed by atoms with van der Waals surface area (Å²) < 4.78 is 0. The Balaban J connectivity index is 2.30. The van der Waals surface area contributed by atoms with Gasteiger partial charge < -0.3 is 10.2 Å². The Hall–Kier alpha value is -1.50. The van der Waals surface area contributed by atoms with Gasteiger partial charge in [-0.3, -0.25) is 10.1 Å². The molecule has 1 aromatic rings. The lowest BCUT2D eigenvalue weighted by atomic mass is 10.2. The third-order valence-electron chi connectivity index (χ3n) is 3.08. The second kappa shape index (κ2) is 5.43. The highest BCUT2D eigenvalue weighted by Gasteiger charge is 2.23. The molecule has 98 valence electrons. The molecular formula is C11H16N4O2S. The molecule has 2 heterocycles. The molecule has 0 spiro atoms. The minimum Gasteiger partial charge on any atom is -0.373 e. The van der Waals surface area contributed by atoms with Crippen LogP contribution in [0.3, 0.4) is 0 Å². The number of aromatic nitrogens is 1. The van der Waals surface area contributed by atoms with Crippen molar-refractivity contribution in [3.63, 3.8) is 0 Å². The van der Waals surface area contributed by atoms with Crippen molar-refractivity contribution < 1.29 is 4.92 Å². The van der Waals surface area contributed by atoms with Gasteiger partial charge in [0.1, 0.15) is 11.6 Å². The van der Waals surface area contributed by atoms with Crippen molar-refractivity contribution in [1.82, 2.24) is 4.98 Å². The number of rotatable bonds is 4. The van der Waals surface area contributed by atoms with E-state index >= 15 is 0 Å². The van der Waals surface area contributed by atoms with Gasteiger partial charge in [-0.2, -0.15) is 11.8 Å². The molecule has 1 fully saturated rings. The molecule has 6 nitrogen and oxygen atoms in total. The van der Waals surface area contributed by atoms with Gasteiger partial charge in [-0.1, -0.05) is 0 Å². The second-order valence-electron chi connectivity index (χ2n) is 4.20. The molecule has 2 rings (SSSR count). The molecule has 1 unspecified atom stereocenters. The predicted molar refractivity (Wildman–Crippen MR) is 74.6 cm³/mol. The first-order chi connectivity index (χ1) is 8.61. The topological polar surface area (TPSA) is 71.3 Å². The van der Waals surface area contributed by atoms with Crippen molar-refractivity contribution in [1.29, 1.82) is 0 Å². The summed E-state index contributed by atoms with van der Waals surface area (Å²) in [5, 5.41) is 13.8. The summed E-state index contributed by atoms with van der Waals surface area (Å²) in [4.78, 5) is 16.9. The summed E-state index contributed by atoms with van der Waals surface area (Å²) in [6, 6.07) is 3.39. The van der Waals surface area contributed by atoms with Gasteiger partial charge in [0.15, 0.2) is 0 Å². The van der Waals surface area contributed by atoms with Crippen LogP contribution < -0.4 is 10.2 Å². The van der Waals surface area contributed by atoms with Crippen LogP contribution in [0.15, 0.2) is 12.1 Å². The van der Waals surface area contributed by atoms with Gasteiger partial charge in [-0.25, -0.2) is 4.98 Å². The lowest BCUT2D eigenvalue weighted by Crippen LogP contribution is -2.32. The van der Waals surface area contributed by atoms with E-state index in [1.807, 2.05) is 23.7 Å². The van der Waals surface area contributed by atoms with Crippen molar-refractivity contribution in [2.45, 2.75) is 12.5 Å². The van der Waals surface area contributed by atoms with Crippen molar-refractivity contribution in [3.05, 3.63) is 22.2 Å². The molecule has 0 aliphatic carbocycles. The van der Waals surface area contributed by atoms with Crippen LogP contribution in [0.5, 0.6) is 0 Å². The second-order valence-corrected chi connectivity index (χ2v) is 5.35. The third-order valence-corrected chi connectivity index (χ3v) is 4.22. The van der Waals surface area contributed by atoms with Crippen LogP contribution in [0.25, 0.3) is 0 Å². The summed E-state index contributed by atoms with van der Waals surface area (Å²) in [5.74, 6) is 3.37. The summed E-state index contributed by atoms with van der Waals surface area (Å²) in [6.45, 7) is 0. The highest BCUT2D eigenvalue weighted by molar-refractivity contribution is 7.99. The average Bonchev–Trinajstić information content (AvgIpc) is 2.91. The largest absolute Gasteiger partial charge is 0.373 e. The van der Waals surface area contributed by atoms with E-state index in [1.165, 1.54) is 12.1 Å². The van der Waals surface area contributed by atoms with Gasteiger partial charge in [0, 0.05) is 25.9 Å². The first kappa shape index (κ1) is 12.9. The quantitative estimate of drug-likeness (QED) is 0.665. The number of hydrogen-bond acceptors (Lipinski definition) is 6. The molecule has 1 N–H and O–H groups in total. The van der Waals surface area contributed by atoms with Crippen molar-refractivity contribution in [3.8, 4) is 0 Å². The van der Waals surface area contributed by atoms with Crippen LogP contribution >= 0.6 is 11.8 Å². The Labute approximate surface area is 110 Å². The van der Waals surface area contributed by atoms with E-state index in [9.17, 15) is 10.1 Å². The molecule has 0 radical (unpaired) electrons. The van der Waals surface area contributed by atoms with Crippen LogP contribution in [-0.4, -0.2) is 41.6 Å². The Morgan fingerprint density at radius 3 is 2.94 bits per heavy atom. The zero-order valence-electron chi connectivity index (χ0n) is 10.4. The first-order valence-corrected chi connectivity index (χ1v) is 6.92. The first-order valence-electron chi connectivity index (χ1n) is 5.76. The van der Waals surface area contributed by atoms with E-state index < -0.39 is 0 Å². The minimum atomic E-state index is -0.386. The van der Waals surface area contributed by atoms with Crippen LogP contribution in [0, 0.1) is 10.1 Å². The Morgan fingerprint density at radius 1 is 1.61 bits per heavy atom. The normalized spacial score (nSPS) is 18.7. The SMILES string of the molecule is CNc1cc([N+](=O)[O-])cc(N(C)C2CCSC2)n1. The fourth-order valence-corrected chi connectivity index (χ4v) is 3.20. The zero-order chi connectivity index (χ0) is 13.1. The van der Waals surface area contributed by atoms with Crippen LogP contribution in [0.4, 0.5) is 17.3 Å². The Kier molecular flexibility index (Phi) is 3.90. The maximum absolute atomic E-state index is 10.9. The molecule has 1 aromatic heterocycles. The molecule has 0 aromatic carbocycles. The minimum absolute atomic E-state index is 0.0712. The molecule has 18 heavy (non-hydrogen) atoms. The number of thioether (sulfide) groups is 1. The number of hydrogen-bond donors (Lipinski definition) is 1. The summed E-state index contributed by atoms with van der Waals surface area (Å²) in [6.07, 6.45) is 1.10. The molecule has 1 atom stereocenters. The van der Waals surface area contributed by atoms with E-state index in [2.05, 4.69) is 10.3 Å². The standard InChI is InChI=1S/C11H16N4O2S/c1-12-10-5-9(15(16)17)6-11(13-10)14(2)8-3-4-18-7-8/h5-6,8H,3-4,7H2,1-2H3,(H,12,13). The van der Waals surface area contributed by atoms with Gasteiger partial charge in [-0.05, 0) is 12.2 Å². The smallest absolute Gasteiger partial charge is 0.276 e. The highest BCUT2D eigenvalue weighted by Crippen LogP contribution is 2.28. The molecule has 1 aliphatic heterocycles. The van der Waals surface area contributed by atoms with Gasteiger partial charge in [-0.15, -0.1) is 0 Å². The van der Waals surface area contributed by atoms with Crippen molar-refractivity contribution >= 4 is 29.1 Å². The fraction of sp³-hybridized carbons (Fsp3) is 0.545. The molecular weight excluding hydrogens is 252 g/mol. The fourth-order valence-electron chi connectivity index (χ4n) is 1.93. The van der Waals surface area contributed by atoms with E-state index in [0.29, 0.717) is 17.7 Å². The van der Waals surface area contributed by atoms with Gasteiger partial charge in [0.25, 0.3) is 5.69 Å². The molecule has 0 amide bonds. The van der Waals surface area contributed by atoms with E-state index in [4.69, 9.17) is 0 Å². The Bertz CT molecular complexity index is 449. The lowest BCUT2D eigenvalue weighted by molar-refractivity contribution is -0.384. The molecule has 0 bridgehead atoms. The van der Waals surface area contributed by atoms with Gasteiger partial charge in [0.05, 0.1) is 17.1 Å². The van der Waals surface area contributed by atoms with E-state index in [1.54, 1.807) is 7.05 Å². The maximum Gasteiger partial charge on any atom is 0.276 e. The summed E-state index contributed by atoms with van der Waals surface area (Å²) in [7, 11) is 3.66. The third kappa shape index (κ3) is 2.66. The average molecular weight is 268 g/mol. The number of anilines is 2. The van der Waals surface area contributed by atoms with Gasteiger partial charge in [0.2, 0.25) is 0 Å². The van der Waals surface area contributed by atoms with Crippen LogP contribution in [0.2, 0.25) is 0 Å². The summed E-state index contributed by atoms with van der Waals surface area (Å²) >= 11 is 1.91. The van der Waals surface area contributed by atoms with Crippen molar-refractivity contribution in [2.24, 2.45) is 0 Å². The molecule has 1 aliphatic rings. The van der Waals surface area contributed by atoms with Crippen LogP contribution in [0.1, 0.15) is 6.42 Å². The predicted octanol–water partition coefficient (Wildman–Crippen LogP) is 1.97. The Morgan fingerprint density at radius 2 is 2.39 bits per heavy atom. The number of nitrogens with zero attached hydrogens (tertiary/aromatic N) is 3. The van der Waals surface area contributed by atoms with E-state index in [0.717, 1.165) is 17.9 Å². The van der Waals surface area contributed by atoms with E-state index in [-0.39, 0.29) is 10.6 Å².